The van der Waals surface area contributed by atoms with Crippen molar-refractivity contribution in [2.75, 3.05) is 12.4 Å². The molecule has 0 spiro atoms. The third-order valence-corrected chi connectivity index (χ3v) is 5.02. The van der Waals surface area contributed by atoms with Gasteiger partial charge in [0.25, 0.3) is 0 Å². The maximum Gasteiger partial charge on any atom is 0.306 e. The molecule has 1 heterocycles. The van der Waals surface area contributed by atoms with Crippen molar-refractivity contribution < 1.29 is 19.4 Å². The van der Waals surface area contributed by atoms with Crippen molar-refractivity contribution in [3.8, 4) is 5.75 Å². The summed E-state index contributed by atoms with van der Waals surface area (Å²) in [6.07, 6.45) is 1.82. The minimum absolute atomic E-state index is 0.00182. The highest BCUT2D eigenvalue weighted by Gasteiger charge is 2.22. The quantitative estimate of drug-likeness (QED) is 0.777. The Morgan fingerprint density at radius 3 is 2.72 bits per heavy atom. The summed E-state index contributed by atoms with van der Waals surface area (Å²) in [4.78, 5) is 24.1. The van der Waals surface area contributed by atoms with Gasteiger partial charge in [0.1, 0.15) is 5.75 Å². The Bertz CT molecular complexity index is 843. The number of carbonyl (C=O) groups excluding carboxylic acids is 1. The van der Waals surface area contributed by atoms with Crippen molar-refractivity contribution in [1.29, 1.82) is 0 Å². The second-order valence-corrected chi connectivity index (χ2v) is 6.94. The summed E-state index contributed by atoms with van der Waals surface area (Å²) in [6, 6.07) is 12.6. The number of hydrogen-bond donors (Lipinski definition) is 1. The fourth-order valence-electron chi connectivity index (χ4n) is 2.42. The van der Waals surface area contributed by atoms with Crippen LogP contribution in [0.4, 0.5) is 0 Å². The first-order valence-corrected chi connectivity index (χ1v) is 9.01. The van der Waals surface area contributed by atoms with Crippen LogP contribution in [0, 0.1) is 0 Å². The van der Waals surface area contributed by atoms with Gasteiger partial charge in [-0.3, -0.25) is 9.59 Å². The lowest BCUT2D eigenvalue weighted by molar-refractivity contribution is -0.137. The number of carboxylic acid groups (broad SMARTS) is 1. The van der Waals surface area contributed by atoms with Crippen LogP contribution in [0.25, 0.3) is 6.08 Å². The number of fused-ring (bicyclic) bond motifs is 1. The van der Waals surface area contributed by atoms with Crippen LogP contribution in [0.2, 0.25) is 5.02 Å². The molecule has 25 heavy (non-hydrogen) atoms. The number of thioether (sulfide) groups is 1. The molecule has 0 aromatic heterocycles. The van der Waals surface area contributed by atoms with Crippen LogP contribution >= 0.6 is 23.4 Å². The third-order valence-electron chi connectivity index (χ3n) is 3.67. The highest BCUT2D eigenvalue weighted by atomic mass is 35.5. The highest BCUT2D eigenvalue weighted by Crippen LogP contribution is 2.35. The van der Waals surface area contributed by atoms with Crippen LogP contribution in [-0.4, -0.2) is 29.2 Å². The topological polar surface area (TPSA) is 63.6 Å². The van der Waals surface area contributed by atoms with Crippen LogP contribution in [-0.2, 0) is 4.79 Å². The van der Waals surface area contributed by atoms with Gasteiger partial charge in [0, 0.05) is 26.8 Å². The smallest absolute Gasteiger partial charge is 0.306 e. The first-order valence-electron chi connectivity index (χ1n) is 7.65. The van der Waals surface area contributed by atoms with Gasteiger partial charge in [0.15, 0.2) is 5.78 Å². The van der Waals surface area contributed by atoms with Crippen LogP contribution in [0.15, 0.2) is 52.9 Å². The maximum atomic E-state index is 12.6. The van der Waals surface area contributed by atoms with E-state index in [9.17, 15) is 9.59 Å². The van der Waals surface area contributed by atoms with Gasteiger partial charge in [-0.1, -0.05) is 23.7 Å². The molecule has 0 radical (unpaired) electrons. The number of carbonyl (C=O) groups is 2. The Hall–Kier alpha value is -2.24. The summed E-state index contributed by atoms with van der Waals surface area (Å²) in [5.74, 6) is 0.322. The molecule has 1 aliphatic heterocycles. The van der Waals surface area contributed by atoms with Gasteiger partial charge in [0.05, 0.1) is 13.0 Å². The van der Waals surface area contributed by atoms with E-state index in [-0.39, 0.29) is 18.8 Å². The van der Waals surface area contributed by atoms with Crippen molar-refractivity contribution >= 4 is 41.2 Å². The Morgan fingerprint density at radius 1 is 1.24 bits per heavy atom. The molecule has 3 rings (SSSR count). The molecule has 0 unspecified atom stereocenters. The molecular weight excluding hydrogens is 360 g/mol. The van der Waals surface area contributed by atoms with Crippen molar-refractivity contribution in [2.24, 2.45) is 0 Å². The average molecular weight is 375 g/mol. The fourth-order valence-corrected chi connectivity index (χ4v) is 3.59. The summed E-state index contributed by atoms with van der Waals surface area (Å²) in [5, 5.41) is 9.15. The van der Waals surface area contributed by atoms with E-state index in [1.807, 2.05) is 24.3 Å². The molecule has 1 N–H and O–H groups in total. The normalized spacial score (nSPS) is 15.1. The van der Waals surface area contributed by atoms with Crippen LogP contribution in [0.3, 0.4) is 0 Å². The number of benzene rings is 2. The molecular formula is C19H15ClO4S. The Morgan fingerprint density at radius 2 is 2.00 bits per heavy atom. The van der Waals surface area contributed by atoms with Crippen LogP contribution < -0.4 is 4.74 Å². The van der Waals surface area contributed by atoms with Crippen LogP contribution in [0.1, 0.15) is 22.3 Å². The zero-order valence-corrected chi connectivity index (χ0v) is 14.8. The van der Waals surface area contributed by atoms with Crippen molar-refractivity contribution in [3.05, 3.63) is 64.2 Å². The monoisotopic (exact) mass is 374 g/mol. The molecule has 0 atom stereocenters. The number of Topliss-reactive ketones (excluding diaryl/α,β-unsaturated/α-hetero) is 1. The first-order chi connectivity index (χ1) is 12.0. The molecule has 0 amide bonds. The zero-order valence-electron chi connectivity index (χ0n) is 13.2. The number of aliphatic carboxylic acids is 1. The van der Waals surface area contributed by atoms with Gasteiger partial charge in [-0.25, -0.2) is 0 Å². The molecule has 128 valence electrons. The maximum absolute atomic E-state index is 12.6. The van der Waals surface area contributed by atoms with Gasteiger partial charge >= 0.3 is 5.97 Å². The second-order valence-electron chi connectivity index (χ2n) is 5.49. The molecule has 0 bridgehead atoms. The SMILES string of the molecule is O=C(O)CCOc1ccc(/C=C2\CSc3ccc(Cl)cc3C2=O)cc1. The van der Waals surface area contributed by atoms with Gasteiger partial charge in [0.2, 0.25) is 0 Å². The van der Waals surface area contributed by atoms with Gasteiger partial charge in [-0.15, -0.1) is 11.8 Å². The summed E-state index contributed by atoms with van der Waals surface area (Å²) in [7, 11) is 0. The van der Waals surface area contributed by atoms with E-state index in [2.05, 4.69) is 0 Å². The summed E-state index contributed by atoms with van der Waals surface area (Å²) in [5.41, 5.74) is 2.25. The lowest BCUT2D eigenvalue weighted by Gasteiger charge is -2.17. The molecule has 1 aliphatic rings. The minimum Gasteiger partial charge on any atom is -0.493 e. The van der Waals surface area contributed by atoms with E-state index >= 15 is 0 Å². The first kappa shape index (κ1) is 17.6. The van der Waals surface area contributed by atoms with Gasteiger partial charge < -0.3 is 9.84 Å². The van der Waals surface area contributed by atoms with Crippen molar-refractivity contribution in [2.45, 2.75) is 11.3 Å². The van der Waals surface area contributed by atoms with Gasteiger partial charge in [-0.2, -0.15) is 0 Å². The third kappa shape index (κ3) is 4.44. The molecule has 2 aromatic rings. The lowest BCUT2D eigenvalue weighted by Crippen LogP contribution is -2.12. The predicted molar refractivity (Wildman–Crippen MR) is 98.7 cm³/mol. The fraction of sp³-hybridized carbons (Fsp3) is 0.158. The van der Waals surface area contributed by atoms with E-state index in [0.29, 0.717) is 22.1 Å². The summed E-state index contributed by atoms with van der Waals surface area (Å²) >= 11 is 7.61. The molecule has 0 aliphatic carbocycles. The highest BCUT2D eigenvalue weighted by molar-refractivity contribution is 7.99. The standard InChI is InChI=1S/C19H15ClO4S/c20-14-3-6-17-16(10-14)19(23)13(11-25-17)9-12-1-4-15(5-2-12)24-8-7-18(21)22/h1-6,9-10H,7-8,11H2,(H,21,22)/b13-9+. The van der Waals surface area contributed by atoms with E-state index in [0.717, 1.165) is 16.0 Å². The molecule has 0 fully saturated rings. The number of ketones is 1. The summed E-state index contributed by atoms with van der Waals surface area (Å²) < 4.78 is 5.36. The Kier molecular flexibility index (Phi) is 5.46. The van der Waals surface area contributed by atoms with E-state index in [1.165, 1.54) is 0 Å². The van der Waals surface area contributed by atoms with E-state index in [4.69, 9.17) is 21.4 Å². The Labute approximate surface area is 154 Å². The molecule has 2 aromatic carbocycles. The molecule has 6 heteroatoms. The van der Waals surface area contributed by atoms with Crippen molar-refractivity contribution in [1.82, 2.24) is 0 Å². The van der Waals surface area contributed by atoms with Gasteiger partial charge in [-0.05, 0) is 42.0 Å². The average Bonchev–Trinajstić information content (AvgIpc) is 2.59. The number of ether oxygens (including phenoxy) is 1. The second kappa shape index (κ2) is 7.76. The number of halogens is 1. The zero-order chi connectivity index (χ0) is 17.8. The Balaban J connectivity index is 1.73. The molecule has 4 nitrogen and oxygen atoms in total. The number of hydrogen-bond acceptors (Lipinski definition) is 4. The van der Waals surface area contributed by atoms with E-state index < -0.39 is 5.97 Å². The predicted octanol–water partition coefficient (Wildman–Crippen LogP) is 4.57. The molecule has 0 saturated carbocycles. The summed E-state index contributed by atoms with van der Waals surface area (Å²) in [6.45, 7) is 0.127. The van der Waals surface area contributed by atoms with Crippen LogP contribution in [0.5, 0.6) is 5.75 Å². The van der Waals surface area contributed by atoms with E-state index in [1.54, 1.807) is 36.0 Å². The lowest BCUT2D eigenvalue weighted by atomic mass is 10.0. The number of carboxylic acids is 1. The molecule has 0 saturated heterocycles. The largest absolute Gasteiger partial charge is 0.493 e. The minimum atomic E-state index is -0.893. The number of rotatable bonds is 5. The van der Waals surface area contributed by atoms with Crippen molar-refractivity contribution in [3.63, 3.8) is 0 Å².